The lowest BCUT2D eigenvalue weighted by Gasteiger charge is -2.37. The number of thiazole rings is 1. The molecular formula is C46H53N7O5S. The predicted molar refractivity (Wildman–Crippen MR) is 230 cm³/mol. The van der Waals surface area contributed by atoms with Gasteiger partial charge in [0.05, 0.1) is 33.9 Å². The SMILES string of the molecule is Cc1ncsc1-c1ccc([C@H](C)NC(=O)[C@@H]2C[C@@H](O)CN2C(=O)[C@@H](NC(=O)C2CCC(c3ccc(-c4cc(-c5ccccc5O)nnc4N)cc3)CC2)C(C)(C)C)cc1. The number of carbonyl (C=O) groups excluding carboxylic acids is 3. The van der Waals surface area contributed by atoms with E-state index in [-0.39, 0.29) is 54.3 Å². The number of rotatable bonds is 10. The predicted octanol–water partition coefficient (Wildman–Crippen LogP) is 7.17. The highest BCUT2D eigenvalue weighted by Crippen LogP contribution is 2.38. The highest BCUT2D eigenvalue weighted by Gasteiger charge is 2.45. The molecule has 3 heterocycles. The Kier molecular flexibility index (Phi) is 12.2. The van der Waals surface area contributed by atoms with Gasteiger partial charge >= 0.3 is 0 Å². The van der Waals surface area contributed by atoms with Gasteiger partial charge in [0.1, 0.15) is 17.8 Å². The number of β-amino-alcohol motifs (C(OH)–C–C–N with tert-alkyl or cyclic N) is 1. The van der Waals surface area contributed by atoms with Gasteiger partial charge in [-0.25, -0.2) is 4.98 Å². The molecule has 7 rings (SSSR count). The van der Waals surface area contributed by atoms with Crippen LogP contribution in [0.15, 0.2) is 84.4 Å². The van der Waals surface area contributed by atoms with Crippen LogP contribution in [0.4, 0.5) is 5.82 Å². The van der Waals surface area contributed by atoms with Crippen molar-refractivity contribution in [2.24, 2.45) is 11.3 Å². The van der Waals surface area contributed by atoms with Gasteiger partial charge < -0.3 is 31.5 Å². The van der Waals surface area contributed by atoms with Crippen LogP contribution in [-0.2, 0) is 14.4 Å². The third kappa shape index (κ3) is 9.16. The highest BCUT2D eigenvalue weighted by atomic mass is 32.1. The first-order valence-corrected chi connectivity index (χ1v) is 21.2. The summed E-state index contributed by atoms with van der Waals surface area (Å²) in [6.45, 7) is 9.60. The van der Waals surface area contributed by atoms with Crippen LogP contribution in [0.3, 0.4) is 0 Å². The number of aliphatic hydroxyl groups excluding tert-OH is 1. The minimum absolute atomic E-state index is 0.0165. The maximum absolute atomic E-state index is 14.3. The largest absolute Gasteiger partial charge is 0.507 e. The number of aryl methyl sites for hydroxylation is 1. The van der Waals surface area contributed by atoms with Crippen LogP contribution in [0.2, 0.25) is 0 Å². The standard InChI is InChI=1S/C46H53N7O5S/c1-26(28-10-18-32(19-11-28)40-27(2)48-25-59-40)49-44(57)38-22-34(54)24-53(38)45(58)41(46(3,4)5)50-43(56)33-20-14-30(15-21-33)29-12-16-31(17-13-29)36-23-37(51-52-42(36)47)35-8-6-7-9-39(35)55/h6-13,16-19,23,25-26,30,33-34,38,41,54-55H,14-15,20-22,24H2,1-5H3,(H2,47,52)(H,49,57)(H,50,56)/t26-,30?,33?,34+,38-,41+/m0/s1. The molecule has 0 bridgehead atoms. The Morgan fingerprint density at radius 2 is 1.56 bits per heavy atom. The lowest BCUT2D eigenvalue weighted by Crippen LogP contribution is -2.58. The minimum Gasteiger partial charge on any atom is -0.507 e. The molecule has 59 heavy (non-hydrogen) atoms. The average Bonchev–Trinajstić information content (AvgIpc) is 3.85. The van der Waals surface area contributed by atoms with E-state index >= 15 is 0 Å². The molecule has 1 aliphatic carbocycles. The van der Waals surface area contributed by atoms with Gasteiger partial charge in [0.2, 0.25) is 17.7 Å². The summed E-state index contributed by atoms with van der Waals surface area (Å²) in [5, 5.41) is 35.5. The van der Waals surface area contributed by atoms with Crippen molar-refractivity contribution in [1.82, 2.24) is 30.7 Å². The van der Waals surface area contributed by atoms with E-state index in [9.17, 15) is 24.6 Å². The van der Waals surface area contributed by atoms with Crippen LogP contribution in [0.25, 0.3) is 32.8 Å². The number of hydrogen-bond donors (Lipinski definition) is 5. The van der Waals surface area contributed by atoms with E-state index < -0.39 is 23.6 Å². The smallest absolute Gasteiger partial charge is 0.246 e. The molecule has 2 fully saturated rings. The van der Waals surface area contributed by atoms with E-state index in [0.717, 1.165) is 45.7 Å². The number of carbonyl (C=O) groups is 3. The molecule has 0 unspecified atom stereocenters. The molecule has 12 nitrogen and oxygen atoms in total. The van der Waals surface area contributed by atoms with Crippen molar-refractivity contribution < 1.29 is 24.6 Å². The second kappa shape index (κ2) is 17.3. The first kappa shape index (κ1) is 41.5. The molecule has 13 heteroatoms. The Morgan fingerprint density at radius 3 is 2.20 bits per heavy atom. The van der Waals surface area contributed by atoms with Crippen LogP contribution in [-0.4, -0.2) is 72.7 Å². The number of para-hydroxylation sites is 1. The first-order valence-electron chi connectivity index (χ1n) is 20.3. The number of aromatic hydroxyl groups is 1. The molecule has 4 atom stereocenters. The Labute approximate surface area is 349 Å². The molecule has 5 aromatic rings. The maximum Gasteiger partial charge on any atom is 0.246 e. The van der Waals surface area contributed by atoms with Crippen molar-refractivity contribution in [3.63, 3.8) is 0 Å². The van der Waals surface area contributed by atoms with Gasteiger partial charge in [0.15, 0.2) is 5.82 Å². The fourth-order valence-electron chi connectivity index (χ4n) is 8.35. The van der Waals surface area contributed by atoms with Gasteiger partial charge in [0, 0.05) is 30.0 Å². The fraction of sp³-hybridized carbons (Fsp3) is 0.391. The molecule has 6 N–H and O–H groups in total. The van der Waals surface area contributed by atoms with E-state index in [1.165, 1.54) is 10.5 Å². The molecular weight excluding hydrogens is 763 g/mol. The van der Waals surface area contributed by atoms with Crippen molar-refractivity contribution in [1.29, 1.82) is 0 Å². The number of likely N-dealkylation sites (tertiary alicyclic amines) is 1. The Hall–Kier alpha value is -5.66. The van der Waals surface area contributed by atoms with Crippen LogP contribution in [0, 0.1) is 18.3 Å². The molecule has 0 radical (unpaired) electrons. The minimum atomic E-state index is -0.887. The van der Waals surface area contributed by atoms with Crippen molar-refractivity contribution in [3.8, 4) is 38.6 Å². The van der Waals surface area contributed by atoms with Crippen LogP contribution >= 0.6 is 11.3 Å². The van der Waals surface area contributed by atoms with Crippen molar-refractivity contribution >= 4 is 34.9 Å². The third-order valence-electron chi connectivity index (χ3n) is 11.8. The molecule has 0 spiro atoms. The number of phenols is 1. The summed E-state index contributed by atoms with van der Waals surface area (Å²) in [4.78, 5) is 48.8. The molecule has 2 aromatic heterocycles. The molecule has 308 valence electrons. The summed E-state index contributed by atoms with van der Waals surface area (Å²) in [5.74, 6) is -0.451. The lowest BCUT2D eigenvalue weighted by molar-refractivity contribution is -0.144. The van der Waals surface area contributed by atoms with E-state index in [0.29, 0.717) is 29.9 Å². The number of anilines is 1. The quantitative estimate of drug-likeness (QED) is 0.0976. The molecule has 1 aliphatic heterocycles. The van der Waals surface area contributed by atoms with Gasteiger partial charge in [-0.1, -0.05) is 81.4 Å². The number of amides is 3. The monoisotopic (exact) mass is 815 g/mol. The molecule has 1 saturated heterocycles. The zero-order valence-corrected chi connectivity index (χ0v) is 35.0. The number of aromatic nitrogens is 3. The van der Waals surface area contributed by atoms with Gasteiger partial charge in [-0.3, -0.25) is 14.4 Å². The number of nitrogen functional groups attached to an aromatic ring is 1. The van der Waals surface area contributed by atoms with E-state index in [2.05, 4.69) is 37.9 Å². The second-order valence-electron chi connectivity index (χ2n) is 17.0. The zero-order chi connectivity index (χ0) is 42.0. The van der Waals surface area contributed by atoms with Gasteiger partial charge in [0.25, 0.3) is 0 Å². The number of nitrogens with two attached hydrogens (primary N) is 1. The second-order valence-corrected chi connectivity index (χ2v) is 17.9. The van der Waals surface area contributed by atoms with E-state index in [1.54, 1.807) is 29.5 Å². The number of hydrogen-bond acceptors (Lipinski definition) is 10. The first-order chi connectivity index (χ1) is 28.2. The number of nitrogens with one attached hydrogen (secondary N) is 2. The summed E-state index contributed by atoms with van der Waals surface area (Å²) in [7, 11) is 0. The van der Waals surface area contributed by atoms with Gasteiger partial charge in [-0.2, -0.15) is 0 Å². The Bertz CT molecular complexity index is 2300. The van der Waals surface area contributed by atoms with Gasteiger partial charge in [-0.15, -0.1) is 21.5 Å². The van der Waals surface area contributed by atoms with Gasteiger partial charge in [-0.05, 0) is 91.3 Å². The summed E-state index contributed by atoms with van der Waals surface area (Å²) in [6.07, 6.45) is 2.24. The molecule has 2 aliphatic rings. The number of aliphatic hydroxyl groups is 1. The zero-order valence-electron chi connectivity index (χ0n) is 34.2. The molecule has 3 aromatic carbocycles. The Balaban J connectivity index is 0.960. The van der Waals surface area contributed by atoms with Crippen LogP contribution < -0.4 is 16.4 Å². The molecule has 1 saturated carbocycles. The normalized spacial score (nSPS) is 20.5. The maximum atomic E-state index is 14.3. The van der Waals surface area contributed by atoms with Crippen molar-refractivity contribution in [2.75, 3.05) is 12.3 Å². The number of phenolic OH excluding ortho intramolecular Hbond substituents is 1. The summed E-state index contributed by atoms with van der Waals surface area (Å²) in [6, 6.07) is 22.9. The lowest BCUT2D eigenvalue weighted by atomic mass is 9.77. The number of benzene rings is 3. The van der Waals surface area contributed by atoms with E-state index in [4.69, 9.17) is 5.73 Å². The van der Waals surface area contributed by atoms with Crippen LogP contribution in [0.1, 0.15) is 88.6 Å². The van der Waals surface area contributed by atoms with Crippen LogP contribution in [0.5, 0.6) is 5.75 Å². The highest BCUT2D eigenvalue weighted by molar-refractivity contribution is 7.13. The van der Waals surface area contributed by atoms with Crippen molar-refractivity contribution in [2.45, 2.75) is 96.9 Å². The number of nitrogens with zero attached hydrogens (tertiary/aromatic N) is 4. The summed E-state index contributed by atoms with van der Waals surface area (Å²) in [5.41, 5.74) is 14.2. The van der Waals surface area contributed by atoms with E-state index in [1.807, 2.05) is 88.7 Å². The Morgan fingerprint density at radius 1 is 0.881 bits per heavy atom. The third-order valence-corrected chi connectivity index (χ3v) is 12.8. The fourth-order valence-corrected chi connectivity index (χ4v) is 9.17. The topological polar surface area (TPSA) is 184 Å². The molecule has 3 amide bonds. The summed E-state index contributed by atoms with van der Waals surface area (Å²) < 4.78 is 0. The average molecular weight is 816 g/mol. The summed E-state index contributed by atoms with van der Waals surface area (Å²) >= 11 is 1.58. The van der Waals surface area contributed by atoms with Crippen molar-refractivity contribution in [3.05, 3.63) is 101 Å².